The maximum Gasteiger partial charge on any atom is 0.123 e. The van der Waals surface area contributed by atoms with Crippen LogP contribution in [0.4, 0.5) is 0 Å². The van der Waals surface area contributed by atoms with Crippen molar-refractivity contribution in [3.8, 4) is 16.9 Å². The van der Waals surface area contributed by atoms with Crippen molar-refractivity contribution in [2.75, 3.05) is 0 Å². The Kier molecular flexibility index (Phi) is 2.46. The number of aromatic hydroxyl groups is 1. The Balaban J connectivity index is 2.64. The first-order valence-electron chi connectivity index (χ1n) is 5.04. The quantitative estimate of drug-likeness (QED) is 0.741. The highest BCUT2D eigenvalue weighted by Gasteiger charge is 2.07. The molecule has 1 nitrogen and oxygen atoms in total. The second kappa shape index (κ2) is 3.77. The molecule has 0 amide bonds. The molecule has 0 aliphatic heterocycles. The van der Waals surface area contributed by atoms with Crippen molar-refractivity contribution in [3.63, 3.8) is 0 Å². The molecule has 0 saturated heterocycles. The zero-order valence-corrected chi connectivity index (χ0v) is 8.99. The van der Waals surface area contributed by atoms with Gasteiger partial charge in [-0.15, -0.1) is 0 Å². The summed E-state index contributed by atoms with van der Waals surface area (Å²) in [6.07, 6.45) is 0. The van der Waals surface area contributed by atoms with Gasteiger partial charge in [0.15, 0.2) is 0 Å². The average Bonchev–Trinajstić information content (AvgIpc) is 2.17. The summed E-state index contributed by atoms with van der Waals surface area (Å²) in [7, 11) is 0. The molecule has 2 rings (SSSR count). The summed E-state index contributed by atoms with van der Waals surface area (Å²) in [4.78, 5) is 0. The van der Waals surface area contributed by atoms with Gasteiger partial charge in [-0.2, -0.15) is 0 Å². The summed E-state index contributed by atoms with van der Waals surface area (Å²) in [6, 6.07) is 13.8. The maximum absolute atomic E-state index is 9.93. The van der Waals surface area contributed by atoms with Gasteiger partial charge >= 0.3 is 0 Å². The lowest BCUT2D eigenvalue weighted by Gasteiger charge is -2.09. The van der Waals surface area contributed by atoms with Gasteiger partial charge in [-0.1, -0.05) is 36.4 Å². The van der Waals surface area contributed by atoms with Crippen LogP contribution < -0.4 is 0 Å². The minimum atomic E-state index is 0.360. The lowest BCUT2D eigenvalue weighted by molar-refractivity contribution is 0.476. The number of phenolic OH excluding ortho intramolecular Hbond substituents is 1. The van der Waals surface area contributed by atoms with E-state index in [9.17, 15) is 5.11 Å². The van der Waals surface area contributed by atoms with E-state index in [0.717, 1.165) is 22.3 Å². The van der Waals surface area contributed by atoms with Crippen molar-refractivity contribution in [1.82, 2.24) is 0 Å². The number of benzene rings is 2. The van der Waals surface area contributed by atoms with Crippen LogP contribution in [0, 0.1) is 13.8 Å². The molecule has 0 atom stereocenters. The van der Waals surface area contributed by atoms with Gasteiger partial charge in [0.2, 0.25) is 0 Å². The summed E-state index contributed by atoms with van der Waals surface area (Å²) in [5, 5.41) is 9.93. The molecule has 0 radical (unpaired) electrons. The maximum atomic E-state index is 9.93. The molecule has 0 heterocycles. The Morgan fingerprint density at radius 2 is 1.60 bits per heavy atom. The molecular weight excluding hydrogens is 184 g/mol. The number of rotatable bonds is 1. The smallest absolute Gasteiger partial charge is 0.123 e. The highest BCUT2D eigenvalue weighted by molar-refractivity contribution is 5.73. The Bertz CT molecular complexity index is 449. The first kappa shape index (κ1) is 9.78. The second-order valence-electron chi connectivity index (χ2n) is 3.84. The zero-order chi connectivity index (χ0) is 10.8. The van der Waals surface area contributed by atoms with E-state index in [4.69, 9.17) is 0 Å². The third-order valence-corrected chi connectivity index (χ3v) is 2.52. The van der Waals surface area contributed by atoms with Crippen LogP contribution in [-0.4, -0.2) is 5.11 Å². The lowest BCUT2D eigenvalue weighted by Crippen LogP contribution is -1.85. The molecule has 1 heteroatoms. The fraction of sp³-hybridized carbons (Fsp3) is 0.143. The van der Waals surface area contributed by atoms with E-state index < -0.39 is 0 Å². The van der Waals surface area contributed by atoms with E-state index >= 15 is 0 Å². The molecule has 0 aliphatic rings. The van der Waals surface area contributed by atoms with Crippen molar-refractivity contribution in [1.29, 1.82) is 0 Å². The van der Waals surface area contributed by atoms with Crippen molar-refractivity contribution in [3.05, 3.63) is 53.6 Å². The molecule has 2 aromatic rings. The predicted octanol–water partition coefficient (Wildman–Crippen LogP) is 3.68. The number of hydrogen-bond donors (Lipinski definition) is 1. The predicted molar refractivity (Wildman–Crippen MR) is 63.0 cm³/mol. The molecular formula is C14H14O. The average molecular weight is 198 g/mol. The number of aryl methyl sites for hydroxylation is 2. The van der Waals surface area contributed by atoms with Crippen molar-refractivity contribution in [2.45, 2.75) is 13.8 Å². The van der Waals surface area contributed by atoms with Gasteiger partial charge in [0, 0.05) is 5.56 Å². The molecule has 0 aromatic heterocycles. The van der Waals surface area contributed by atoms with E-state index in [2.05, 4.69) is 6.07 Å². The molecule has 0 spiro atoms. The van der Waals surface area contributed by atoms with Crippen LogP contribution in [0.5, 0.6) is 5.75 Å². The molecule has 0 unspecified atom stereocenters. The fourth-order valence-corrected chi connectivity index (χ4v) is 1.93. The summed E-state index contributed by atoms with van der Waals surface area (Å²) in [5.74, 6) is 0.360. The highest BCUT2D eigenvalue weighted by atomic mass is 16.3. The SMILES string of the molecule is Cc1cc(C)c(-c2ccccc2)c(O)c1. The first-order valence-corrected chi connectivity index (χ1v) is 5.04. The van der Waals surface area contributed by atoms with Crippen LogP contribution in [0.2, 0.25) is 0 Å². The molecule has 1 N–H and O–H groups in total. The Morgan fingerprint density at radius 1 is 0.933 bits per heavy atom. The Morgan fingerprint density at radius 3 is 2.20 bits per heavy atom. The van der Waals surface area contributed by atoms with Gasteiger partial charge in [0.1, 0.15) is 5.75 Å². The molecule has 0 bridgehead atoms. The third kappa shape index (κ3) is 1.86. The monoisotopic (exact) mass is 198 g/mol. The van der Waals surface area contributed by atoms with Gasteiger partial charge in [-0.05, 0) is 36.6 Å². The largest absolute Gasteiger partial charge is 0.507 e. The fourth-order valence-electron chi connectivity index (χ4n) is 1.93. The molecule has 76 valence electrons. The van der Waals surface area contributed by atoms with Crippen LogP contribution in [-0.2, 0) is 0 Å². The van der Waals surface area contributed by atoms with Crippen LogP contribution in [0.25, 0.3) is 11.1 Å². The van der Waals surface area contributed by atoms with Crippen LogP contribution in [0.1, 0.15) is 11.1 Å². The second-order valence-corrected chi connectivity index (χ2v) is 3.84. The number of hydrogen-bond acceptors (Lipinski definition) is 1. The van der Waals surface area contributed by atoms with E-state index in [-0.39, 0.29) is 0 Å². The van der Waals surface area contributed by atoms with Gasteiger partial charge in [-0.25, -0.2) is 0 Å². The molecule has 0 aliphatic carbocycles. The molecule has 2 aromatic carbocycles. The van der Waals surface area contributed by atoms with Crippen LogP contribution >= 0.6 is 0 Å². The standard InChI is InChI=1S/C14H14O/c1-10-8-11(2)14(13(15)9-10)12-6-4-3-5-7-12/h3-9,15H,1-2H3. The minimum Gasteiger partial charge on any atom is -0.507 e. The van der Waals surface area contributed by atoms with Gasteiger partial charge < -0.3 is 5.11 Å². The lowest BCUT2D eigenvalue weighted by atomic mass is 9.98. The zero-order valence-electron chi connectivity index (χ0n) is 8.99. The molecule has 15 heavy (non-hydrogen) atoms. The molecule has 0 fully saturated rings. The van der Waals surface area contributed by atoms with E-state index in [1.54, 1.807) is 6.07 Å². The van der Waals surface area contributed by atoms with Crippen LogP contribution in [0.3, 0.4) is 0 Å². The van der Waals surface area contributed by atoms with E-state index in [1.165, 1.54) is 0 Å². The highest BCUT2D eigenvalue weighted by Crippen LogP contribution is 2.32. The third-order valence-electron chi connectivity index (χ3n) is 2.52. The van der Waals surface area contributed by atoms with Crippen molar-refractivity contribution >= 4 is 0 Å². The minimum absolute atomic E-state index is 0.360. The summed E-state index contributed by atoms with van der Waals surface area (Å²) in [5.41, 5.74) is 4.19. The van der Waals surface area contributed by atoms with E-state index in [0.29, 0.717) is 5.75 Å². The summed E-state index contributed by atoms with van der Waals surface area (Å²) in [6.45, 7) is 4.01. The van der Waals surface area contributed by atoms with Crippen LogP contribution in [0.15, 0.2) is 42.5 Å². The Labute approximate surface area is 90.0 Å². The summed E-state index contributed by atoms with van der Waals surface area (Å²) < 4.78 is 0. The normalized spacial score (nSPS) is 10.3. The first-order chi connectivity index (χ1) is 7.18. The van der Waals surface area contributed by atoms with Crippen molar-refractivity contribution < 1.29 is 5.11 Å². The van der Waals surface area contributed by atoms with Gasteiger partial charge in [-0.3, -0.25) is 0 Å². The Hall–Kier alpha value is -1.76. The van der Waals surface area contributed by atoms with Gasteiger partial charge in [0.05, 0.1) is 0 Å². The van der Waals surface area contributed by atoms with E-state index in [1.807, 2.05) is 44.2 Å². The number of phenols is 1. The van der Waals surface area contributed by atoms with Gasteiger partial charge in [0.25, 0.3) is 0 Å². The summed E-state index contributed by atoms with van der Waals surface area (Å²) >= 11 is 0. The molecule has 0 saturated carbocycles. The topological polar surface area (TPSA) is 20.2 Å². The van der Waals surface area contributed by atoms with Crippen molar-refractivity contribution in [2.24, 2.45) is 0 Å².